The number of fused-ring (bicyclic) bond motifs is 2. The summed E-state index contributed by atoms with van der Waals surface area (Å²) in [6.07, 6.45) is 2.39. The average molecular weight is 352 g/mol. The van der Waals surface area contributed by atoms with Crippen molar-refractivity contribution < 1.29 is 9.59 Å². The van der Waals surface area contributed by atoms with Gasteiger partial charge in [0.1, 0.15) is 0 Å². The Kier molecular flexibility index (Phi) is 3.95. The Bertz CT molecular complexity index is 1000. The number of aromatic nitrogens is 4. The molecule has 26 heavy (non-hydrogen) atoms. The summed E-state index contributed by atoms with van der Waals surface area (Å²) >= 11 is 0. The Balaban J connectivity index is 1.51. The fourth-order valence-electron chi connectivity index (χ4n) is 3.42. The number of carbonyl (C=O) groups is 2. The minimum Gasteiger partial charge on any atom is -0.346 e. The topological polar surface area (TPSA) is 95.9 Å². The molecule has 8 heteroatoms. The Morgan fingerprint density at radius 2 is 2.19 bits per heavy atom. The van der Waals surface area contributed by atoms with E-state index in [2.05, 4.69) is 20.4 Å². The van der Waals surface area contributed by atoms with Crippen molar-refractivity contribution in [1.82, 2.24) is 30.0 Å². The number of hydrogen-bond acceptors (Lipinski definition) is 4. The number of aromatic amines is 1. The lowest BCUT2D eigenvalue weighted by Gasteiger charge is -2.26. The first kappa shape index (κ1) is 16.3. The highest BCUT2D eigenvalue weighted by atomic mass is 16.2. The second kappa shape index (κ2) is 6.29. The van der Waals surface area contributed by atoms with Crippen molar-refractivity contribution in [3.8, 4) is 0 Å². The van der Waals surface area contributed by atoms with E-state index in [1.807, 2.05) is 22.7 Å². The maximum Gasteiger partial charge on any atom is 0.251 e. The van der Waals surface area contributed by atoms with E-state index in [4.69, 9.17) is 0 Å². The van der Waals surface area contributed by atoms with Gasteiger partial charge < -0.3 is 15.2 Å². The molecule has 8 nitrogen and oxygen atoms in total. The number of aryl methyl sites for hydroxylation is 1. The van der Waals surface area contributed by atoms with Crippen LogP contribution in [-0.2, 0) is 31.4 Å². The Morgan fingerprint density at radius 1 is 1.35 bits per heavy atom. The molecular formula is C18H20N6O2. The van der Waals surface area contributed by atoms with Crippen molar-refractivity contribution in [2.24, 2.45) is 7.05 Å². The van der Waals surface area contributed by atoms with Crippen LogP contribution in [0.15, 0.2) is 24.5 Å². The van der Waals surface area contributed by atoms with Crippen LogP contribution in [-0.4, -0.2) is 43.0 Å². The average Bonchev–Trinajstić information content (AvgIpc) is 3.23. The van der Waals surface area contributed by atoms with Gasteiger partial charge in [-0.05, 0) is 18.2 Å². The van der Waals surface area contributed by atoms with Crippen LogP contribution >= 0.6 is 0 Å². The fraction of sp³-hybridized carbons (Fsp3) is 0.333. The van der Waals surface area contributed by atoms with E-state index in [1.54, 1.807) is 25.4 Å². The first-order valence-electron chi connectivity index (χ1n) is 8.53. The Morgan fingerprint density at radius 3 is 3.00 bits per heavy atom. The van der Waals surface area contributed by atoms with E-state index in [0.717, 1.165) is 34.4 Å². The summed E-state index contributed by atoms with van der Waals surface area (Å²) in [6.45, 7) is 3.16. The predicted octanol–water partition coefficient (Wildman–Crippen LogP) is 1.13. The number of imidazole rings is 1. The summed E-state index contributed by atoms with van der Waals surface area (Å²) in [5.74, 6) is -0.109. The zero-order valence-electron chi connectivity index (χ0n) is 14.7. The number of carbonyl (C=O) groups excluding carboxylic acids is 2. The van der Waals surface area contributed by atoms with Gasteiger partial charge in [-0.15, -0.1) is 0 Å². The number of amides is 2. The third kappa shape index (κ3) is 2.83. The van der Waals surface area contributed by atoms with Gasteiger partial charge in [-0.3, -0.25) is 14.3 Å². The zero-order chi connectivity index (χ0) is 18.3. The van der Waals surface area contributed by atoms with Crippen LogP contribution in [0, 0.1) is 0 Å². The monoisotopic (exact) mass is 352 g/mol. The summed E-state index contributed by atoms with van der Waals surface area (Å²) in [4.78, 5) is 33.1. The standard InChI is InChI=1S/C18H20N6O2/c1-11(25)24-6-5-17-13(9-24)16(22-23(17)2)8-19-18(26)12-3-4-14-15(7-12)21-10-20-14/h3-4,7,10H,5-6,8-9H2,1-2H3,(H,19,26)(H,20,21). The van der Waals surface area contributed by atoms with Gasteiger partial charge in [-0.25, -0.2) is 4.98 Å². The molecule has 4 rings (SSSR count). The predicted molar refractivity (Wildman–Crippen MR) is 95.3 cm³/mol. The molecule has 3 heterocycles. The zero-order valence-corrected chi connectivity index (χ0v) is 14.7. The Labute approximate surface area is 150 Å². The molecule has 0 saturated carbocycles. The third-order valence-corrected chi connectivity index (χ3v) is 4.87. The van der Waals surface area contributed by atoms with E-state index < -0.39 is 0 Å². The molecule has 0 aliphatic carbocycles. The number of rotatable bonds is 3. The van der Waals surface area contributed by atoms with Gasteiger partial charge in [-0.2, -0.15) is 5.10 Å². The minimum absolute atomic E-state index is 0.0577. The van der Waals surface area contributed by atoms with Gasteiger partial charge in [0.15, 0.2) is 0 Å². The van der Waals surface area contributed by atoms with Gasteiger partial charge in [0.05, 0.1) is 29.6 Å². The smallest absolute Gasteiger partial charge is 0.251 e. The van der Waals surface area contributed by atoms with Gasteiger partial charge in [-0.1, -0.05) is 0 Å². The molecule has 0 bridgehead atoms. The van der Waals surface area contributed by atoms with Gasteiger partial charge >= 0.3 is 0 Å². The third-order valence-electron chi connectivity index (χ3n) is 4.87. The first-order valence-corrected chi connectivity index (χ1v) is 8.53. The largest absolute Gasteiger partial charge is 0.346 e. The van der Waals surface area contributed by atoms with Crippen molar-refractivity contribution in [2.45, 2.75) is 26.4 Å². The quantitative estimate of drug-likeness (QED) is 0.739. The molecule has 0 saturated heterocycles. The van der Waals surface area contributed by atoms with Gasteiger partial charge in [0, 0.05) is 50.3 Å². The van der Waals surface area contributed by atoms with Crippen molar-refractivity contribution >= 4 is 22.8 Å². The number of nitrogens with zero attached hydrogens (tertiary/aromatic N) is 4. The van der Waals surface area contributed by atoms with Crippen molar-refractivity contribution in [2.75, 3.05) is 6.54 Å². The summed E-state index contributed by atoms with van der Waals surface area (Å²) in [7, 11) is 1.90. The van der Waals surface area contributed by atoms with Crippen LogP contribution < -0.4 is 5.32 Å². The van der Waals surface area contributed by atoms with Crippen LogP contribution in [0.3, 0.4) is 0 Å². The Hall–Kier alpha value is -3.16. The van der Waals surface area contributed by atoms with Gasteiger partial charge in [0.2, 0.25) is 5.91 Å². The minimum atomic E-state index is -0.167. The number of benzene rings is 1. The molecule has 0 radical (unpaired) electrons. The molecule has 1 aliphatic rings. The molecular weight excluding hydrogens is 332 g/mol. The second-order valence-electron chi connectivity index (χ2n) is 6.50. The summed E-state index contributed by atoms with van der Waals surface area (Å²) in [6, 6.07) is 5.35. The summed E-state index contributed by atoms with van der Waals surface area (Å²) in [5.41, 5.74) is 5.19. The van der Waals surface area contributed by atoms with Crippen LogP contribution in [0.5, 0.6) is 0 Å². The maximum atomic E-state index is 12.5. The van der Waals surface area contributed by atoms with Crippen LogP contribution in [0.25, 0.3) is 11.0 Å². The number of hydrogen-bond donors (Lipinski definition) is 2. The van der Waals surface area contributed by atoms with Crippen molar-refractivity contribution in [3.63, 3.8) is 0 Å². The molecule has 2 amide bonds. The second-order valence-corrected chi connectivity index (χ2v) is 6.50. The van der Waals surface area contributed by atoms with E-state index in [9.17, 15) is 9.59 Å². The maximum absolute atomic E-state index is 12.5. The molecule has 0 spiro atoms. The van der Waals surface area contributed by atoms with Crippen LogP contribution in [0.1, 0.15) is 34.2 Å². The lowest BCUT2D eigenvalue weighted by molar-refractivity contribution is -0.129. The van der Waals surface area contributed by atoms with Crippen molar-refractivity contribution in [1.29, 1.82) is 0 Å². The molecule has 2 aromatic heterocycles. The van der Waals surface area contributed by atoms with E-state index in [-0.39, 0.29) is 11.8 Å². The number of nitrogens with one attached hydrogen (secondary N) is 2. The van der Waals surface area contributed by atoms with Crippen molar-refractivity contribution in [3.05, 3.63) is 47.0 Å². The summed E-state index contributed by atoms with van der Waals surface area (Å²) < 4.78 is 1.85. The SMILES string of the molecule is CC(=O)N1CCc2c(c(CNC(=O)c3ccc4nc[nH]c4c3)nn2C)C1. The first-order chi connectivity index (χ1) is 12.5. The molecule has 0 fully saturated rings. The normalized spacial score (nSPS) is 13.7. The highest BCUT2D eigenvalue weighted by Gasteiger charge is 2.25. The molecule has 3 aromatic rings. The molecule has 0 atom stereocenters. The fourth-order valence-corrected chi connectivity index (χ4v) is 3.42. The van der Waals surface area contributed by atoms with Crippen LogP contribution in [0.2, 0.25) is 0 Å². The highest BCUT2D eigenvalue weighted by Crippen LogP contribution is 2.22. The number of H-pyrrole nitrogens is 1. The molecule has 1 aliphatic heterocycles. The lowest BCUT2D eigenvalue weighted by Crippen LogP contribution is -2.35. The molecule has 2 N–H and O–H groups in total. The van der Waals surface area contributed by atoms with E-state index in [1.165, 1.54) is 0 Å². The van der Waals surface area contributed by atoms with E-state index in [0.29, 0.717) is 25.2 Å². The molecule has 134 valence electrons. The van der Waals surface area contributed by atoms with Gasteiger partial charge in [0.25, 0.3) is 5.91 Å². The highest BCUT2D eigenvalue weighted by molar-refractivity contribution is 5.97. The van der Waals surface area contributed by atoms with Crippen LogP contribution in [0.4, 0.5) is 0 Å². The molecule has 0 unspecified atom stereocenters. The molecule has 1 aromatic carbocycles. The summed E-state index contributed by atoms with van der Waals surface area (Å²) in [5, 5.41) is 7.47. The lowest BCUT2D eigenvalue weighted by atomic mass is 10.0. The van der Waals surface area contributed by atoms with E-state index >= 15 is 0 Å².